The SMILES string of the molecule is C[C@@H]1CC[C@H](C)N1[C@H]1CCCN(C(=O)C2(c3ccccc3)CC2)C1. The van der Waals surface area contributed by atoms with Crippen molar-refractivity contribution in [2.75, 3.05) is 13.1 Å². The summed E-state index contributed by atoms with van der Waals surface area (Å²) in [5, 5.41) is 0. The van der Waals surface area contributed by atoms with E-state index in [9.17, 15) is 4.79 Å². The van der Waals surface area contributed by atoms with Crippen LogP contribution >= 0.6 is 0 Å². The molecule has 24 heavy (non-hydrogen) atoms. The summed E-state index contributed by atoms with van der Waals surface area (Å²) in [5.41, 5.74) is 1.02. The van der Waals surface area contributed by atoms with Crippen LogP contribution in [0.3, 0.4) is 0 Å². The molecule has 130 valence electrons. The lowest BCUT2D eigenvalue weighted by Gasteiger charge is -2.42. The molecule has 1 aromatic rings. The summed E-state index contributed by atoms with van der Waals surface area (Å²) < 4.78 is 0. The van der Waals surface area contributed by atoms with Crippen LogP contribution in [0.15, 0.2) is 30.3 Å². The van der Waals surface area contributed by atoms with Gasteiger partial charge < -0.3 is 4.90 Å². The van der Waals surface area contributed by atoms with Crippen LogP contribution in [0.4, 0.5) is 0 Å². The third-order valence-corrected chi connectivity index (χ3v) is 6.61. The van der Waals surface area contributed by atoms with Crippen LogP contribution in [-0.2, 0) is 10.2 Å². The molecule has 1 aromatic carbocycles. The van der Waals surface area contributed by atoms with Gasteiger partial charge in [0.05, 0.1) is 5.41 Å². The van der Waals surface area contributed by atoms with Crippen molar-refractivity contribution in [2.24, 2.45) is 0 Å². The molecule has 0 radical (unpaired) electrons. The fourth-order valence-corrected chi connectivity index (χ4v) is 5.13. The number of nitrogens with zero attached hydrogens (tertiary/aromatic N) is 2. The quantitative estimate of drug-likeness (QED) is 0.847. The van der Waals surface area contributed by atoms with Crippen molar-refractivity contribution >= 4 is 5.91 Å². The first-order valence-electron chi connectivity index (χ1n) is 9.74. The van der Waals surface area contributed by atoms with Crippen molar-refractivity contribution in [1.82, 2.24) is 9.80 Å². The van der Waals surface area contributed by atoms with Gasteiger partial charge in [-0.3, -0.25) is 9.69 Å². The van der Waals surface area contributed by atoms with E-state index < -0.39 is 0 Å². The Labute approximate surface area is 146 Å². The first kappa shape index (κ1) is 16.1. The Morgan fingerprint density at radius 1 is 1.04 bits per heavy atom. The fourth-order valence-electron chi connectivity index (χ4n) is 5.13. The number of hydrogen-bond acceptors (Lipinski definition) is 2. The van der Waals surface area contributed by atoms with Crippen LogP contribution in [0, 0.1) is 0 Å². The Morgan fingerprint density at radius 3 is 2.33 bits per heavy atom. The standard InChI is InChI=1S/C21H30N2O/c1-16-10-11-17(2)23(16)19-9-6-14-22(15-19)20(24)21(12-13-21)18-7-4-3-5-8-18/h3-5,7-8,16-17,19H,6,9-15H2,1-2H3/t16-,17+,19-/m0/s1. The second-order valence-corrected chi connectivity index (χ2v) is 8.22. The maximum atomic E-state index is 13.3. The van der Waals surface area contributed by atoms with Gasteiger partial charge in [0.1, 0.15) is 0 Å². The molecule has 0 unspecified atom stereocenters. The van der Waals surface area contributed by atoms with Crippen LogP contribution in [0.1, 0.15) is 57.9 Å². The van der Waals surface area contributed by atoms with Gasteiger partial charge in [-0.05, 0) is 57.9 Å². The predicted molar refractivity (Wildman–Crippen MR) is 97.0 cm³/mol. The Hall–Kier alpha value is -1.35. The zero-order valence-corrected chi connectivity index (χ0v) is 15.1. The highest BCUT2D eigenvalue weighted by Gasteiger charge is 2.53. The maximum absolute atomic E-state index is 13.3. The van der Waals surface area contributed by atoms with E-state index in [2.05, 4.69) is 47.9 Å². The number of likely N-dealkylation sites (tertiary alicyclic amines) is 2. The van der Waals surface area contributed by atoms with Crippen LogP contribution < -0.4 is 0 Å². The van der Waals surface area contributed by atoms with Gasteiger partial charge in [-0.15, -0.1) is 0 Å². The third-order valence-electron chi connectivity index (χ3n) is 6.61. The van der Waals surface area contributed by atoms with Gasteiger partial charge in [0.25, 0.3) is 0 Å². The van der Waals surface area contributed by atoms with Crippen LogP contribution in [-0.4, -0.2) is 46.9 Å². The van der Waals surface area contributed by atoms with Gasteiger partial charge >= 0.3 is 0 Å². The lowest BCUT2D eigenvalue weighted by Crippen LogP contribution is -2.54. The highest BCUT2D eigenvalue weighted by atomic mass is 16.2. The van der Waals surface area contributed by atoms with Crippen molar-refractivity contribution in [3.63, 3.8) is 0 Å². The normalized spacial score (nSPS) is 32.8. The van der Waals surface area contributed by atoms with E-state index in [1.165, 1.54) is 24.8 Å². The average molecular weight is 326 g/mol. The molecule has 3 heteroatoms. The zero-order chi connectivity index (χ0) is 16.7. The van der Waals surface area contributed by atoms with Crippen molar-refractivity contribution in [3.8, 4) is 0 Å². The van der Waals surface area contributed by atoms with Gasteiger partial charge in [0, 0.05) is 31.2 Å². The molecule has 2 heterocycles. The third kappa shape index (κ3) is 2.67. The van der Waals surface area contributed by atoms with Gasteiger partial charge in [-0.1, -0.05) is 30.3 Å². The van der Waals surface area contributed by atoms with Crippen LogP contribution in [0.2, 0.25) is 0 Å². The highest BCUT2D eigenvalue weighted by Crippen LogP contribution is 2.50. The molecule has 0 N–H and O–H groups in total. The minimum Gasteiger partial charge on any atom is -0.340 e. The maximum Gasteiger partial charge on any atom is 0.233 e. The molecule has 0 spiro atoms. The van der Waals surface area contributed by atoms with Gasteiger partial charge in [-0.25, -0.2) is 0 Å². The molecule has 0 bridgehead atoms. The summed E-state index contributed by atoms with van der Waals surface area (Å²) in [6, 6.07) is 12.3. The Bertz CT molecular complexity index is 585. The van der Waals surface area contributed by atoms with Crippen LogP contribution in [0.25, 0.3) is 0 Å². The second-order valence-electron chi connectivity index (χ2n) is 8.22. The summed E-state index contributed by atoms with van der Waals surface area (Å²) in [4.78, 5) is 18.2. The number of carbonyl (C=O) groups excluding carboxylic acids is 1. The van der Waals surface area contributed by atoms with E-state index in [1.807, 2.05) is 6.07 Å². The van der Waals surface area contributed by atoms with Crippen molar-refractivity contribution in [2.45, 2.75) is 75.9 Å². The Morgan fingerprint density at radius 2 is 1.71 bits per heavy atom. The molecular formula is C21H30N2O. The molecule has 0 aromatic heterocycles. The Balaban J connectivity index is 1.49. The van der Waals surface area contributed by atoms with Crippen molar-refractivity contribution in [1.29, 1.82) is 0 Å². The summed E-state index contributed by atoms with van der Waals surface area (Å²) in [5.74, 6) is 0.387. The van der Waals surface area contributed by atoms with E-state index >= 15 is 0 Å². The van der Waals surface area contributed by atoms with E-state index in [-0.39, 0.29) is 5.41 Å². The fraction of sp³-hybridized carbons (Fsp3) is 0.667. The largest absolute Gasteiger partial charge is 0.340 e. The monoisotopic (exact) mass is 326 g/mol. The number of rotatable bonds is 3. The summed E-state index contributed by atoms with van der Waals surface area (Å²) in [6.07, 6.45) is 7.05. The molecule has 3 aliphatic rings. The minimum atomic E-state index is -0.203. The molecule has 3 atom stereocenters. The lowest BCUT2D eigenvalue weighted by atomic mass is 9.92. The smallest absolute Gasteiger partial charge is 0.233 e. The van der Waals surface area contributed by atoms with Gasteiger partial charge in [-0.2, -0.15) is 0 Å². The molecule has 4 rings (SSSR count). The van der Waals surface area contributed by atoms with E-state index in [0.29, 0.717) is 24.0 Å². The molecule has 3 fully saturated rings. The molecule has 1 aliphatic carbocycles. The summed E-state index contributed by atoms with van der Waals surface area (Å²) in [7, 11) is 0. The van der Waals surface area contributed by atoms with Gasteiger partial charge in [0.2, 0.25) is 5.91 Å². The van der Waals surface area contributed by atoms with Crippen molar-refractivity contribution < 1.29 is 4.79 Å². The number of carbonyl (C=O) groups is 1. The summed E-state index contributed by atoms with van der Waals surface area (Å²) >= 11 is 0. The molecular weight excluding hydrogens is 296 g/mol. The van der Waals surface area contributed by atoms with Gasteiger partial charge in [0.15, 0.2) is 0 Å². The predicted octanol–water partition coefficient (Wildman–Crippen LogP) is 3.58. The second kappa shape index (κ2) is 6.18. The van der Waals surface area contributed by atoms with E-state index in [0.717, 1.165) is 32.4 Å². The molecule has 1 amide bonds. The number of benzene rings is 1. The molecule has 3 nitrogen and oxygen atoms in total. The zero-order valence-electron chi connectivity index (χ0n) is 15.1. The topological polar surface area (TPSA) is 23.6 Å². The summed E-state index contributed by atoms with van der Waals surface area (Å²) in [6.45, 7) is 6.59. The van der Waals surface area contributed by atoms with E-state index in [4.69, 9.17) is 0 Å². The minimum absolute atomic E-state index is 0.203. The van der Waals surface area contributed by atoms with Crippen molar-refractivity contribution in [3.05, 3.63) is 35.9 Å². The number of hydrogen-bond donors (Lipinski definition) is 0. The van der Waals surface area contributed by atoms with Crippen LogP contribution in [0.5, 0.6) is 0 Å². The number of amides is 1. The average Bonchev–Trinajstić information content (AvgIpc) is 3.36. The molecule has 2 aliphatic heterocycles. The Kier molecular flexibility index (Phi) is 4.16. The first-order valence-corrected chi connectivity index (χ1v) is 9.74. The molecule has 2 saturated heterocycles. The highest BCUT2D eigenvalue weighted by molar-refractivity contribution is 5.91. The number of piperidine rings is 1. The van der Waals surface area contributed by atoms with E-state index in [1.54, 1.807) is 0 Å². The molecule has 1 saturated carbocycles. The first-order chi connectivity index (χ1) is 11.6. The lowest BCUT2D eigenvalue weighted by molar-refractivity contribution is -0.136.